The fourth-order valence-corrected chi connectivity index (χ4v) is 0.163. The van der Waals surface area contributed by atoms with Gasteiger partial charge in [-0.2, -0.15) is 13.2 Å². The van der Waals surface area contributed by atoms with E-state index in [1.807, 2.05) is 0 Å². The average molecular weight is 198 g/mol. The van der Waals surface area contributed by atoms with Crippen molar-refractivity contribution in [1.29, 1.82) is 0 Å². The number of hydrogen-bond acceptors (Lipinski definition) is 4. The summed E-state index contributed by atoms with van der Waals surface area (Å²) in [6.45, 7) is 0. The molecule has 60 valence electrons. The van der Waals surface area contributed by atoms with Crippen molar-refractivity contribution in [3.63, 3.8) is 0 Å². The van der Waals surface area contributed by atoms with Gasteiger partial charge < -0.3 is 14.7 Å². The summed E-state index contributed by atoms with van der Waals surface area (Å²) in [5.74, 6) is -2.64. The third-order valence-electron chi connectivity index (χ3n) is 0.444. The maximum absolute atomic E-state index is 11.1. The summed E-state index contributed by atoms with van der Waals surface area (Å²) in [7, 11) is -2.73. The first-order valence-electron chi connectivity index (χ1n) is 1.98. The predicted octanol–water partition coefficient (Wildman–Crippen LogP) is -1.59. The van der Waals surface area contributed by atoms with Crippen LogP contribution in [0.15, 0.2) is 0 Å². The van der Waals surface area contributed by atoms with Gasteiger partial charge in [0.1, 0.15) is 0 Å². The second kappa shape index (κ2) is 5.51. The van der Waals surface area contributed by atoms with E-state index >= 15 is 0 Å². The van der Waals surface area contributed by atoms with E-state index in [4.69, 9.17) is 10.0 Å². The van der Waals surface area contributed by atoms with E-state index in [-0.39, 0.29) is 51.4 Å². The van der Waals surface area contributed by atoms with Gasteiger partial charge in [-0.3, -0.25) is 0 Å². The van der Waals surface area contributed by atoms with Gasteiger partial charge in [-0.25, -0.2) is 4.79 Å². The van der Waals surface area contributed by atoms with E-state index in [2.05, 4.69) is 4.65 Å². The molecule has 0 aromatic carbocycles. The molecular formula is C2H3BF3KO4. The van der Waals surface area contributed by atoms with Crippen LogP contribution in [-0.2, 0) is 9.45 Å². The first-order chi connectivity index (χ1) is 4.34. The second-order valence-electron chi connectivity index (χ2n) is 1.23. The fourth-order valence-electron chi connectivity index (χ4n) is 0.163. The number of alkyl halides is 3. The molecule has 0 aliphatic carbocycles. The van der Waals surface area contributed by atoms with E-state index < -0.39 is 19.5 Å². The molecule has 0 amide bonds. The molecule has 0 aromatic rings. The van der Waals surface area contributed by atoms with Gasteiger partial charge in [0.05, 0.1) is 0 Å². The van der Waals surface area contributed by atoms with Crippen molar-refractivity contribution >= 4 is 64.7 Å². The van der Waals surface area contributed by atoms with Crippen LogP contribution in [0.3, 0.4) is 0 Å². The Morgan fingerprint density at radius 2 is 1.73 bits per heavy atom. The SMILES string of the molecule is O=C(OB(O)O)C(F)(F)F.[KH]. The molecule has 0 saturated carbocycles. The summed E-state index contributed by atoms with van der Waals surface area (Å²) < 4.78 is 36.3. The summed E-state index contributed by atoms with van der Waals surface area (Å²) in [4.78, 5) is 9.61. The Labute approximate surface area is 102 Å². The Bertz CT molecular complexity index is 136. The summed E-state index contributed by atoms with van der Waals surface area (Å²) in [5.41, 5.74) is 0. The van der Waals surface area contributed by atoms with Gasteiger partial charge in [0.25, 0.3) is 0 Å². The molecule has 0 unspecified atom stereocenters. The van der Waals surface area contributed by atoms with E-state index in [1.165, 1.54) is 0 Å². The van der Waals surface area contributed by atoms with Crippen molar-refractivity contribution in [2.45, 2.75) is 6.18 Å². The van der Waals surface area contributed by atoms with Gasteiger partial charge in [0, 0.05) is 0 Å². The minimum absolute atomic E-state index is 0. The molecule has 11 heavy (non-hydrogen) atoms. The van der Waals surface area contributed by atoms with Gasteiger partial charge >= 0.3 is 70.9 Å². The quantitative estimate of drug-likeness (QED) is 0.498. The van der Waals surface area contributed by atoms with Crippen LogP contribution < -0.4 is 0 Å². The van der Waals surface area contributed by atoms with Crippen LogP contribution in [0.4, 0.5) is 13.2 Å². The van der Waals surface area contributed by atoms with E-state index in [0.717, 1.165) is 0 Å². The molecule has 0 aliphatic heterocycles. The molecular weight excluding hydrogens is 195 g/mol. The van der Waals surface area contributed by atoms with Crippen molar-refractivity contribution in [1.82, 2.24) is 0 Å². The zero-order valence-corrected chi connectivity index (χ0v) is 4.42. The minimum atomic E-state index is -5.19. The number of carbonyl (C=O) groups is 1. The molecule has 0 spiro atoms. The van der Waals surface area contributed by atoms with Crippen LogP contribution in [0, 0.1) is 0 Å². The Morgan fingerprint density at radius 1 is 1.36 bits per heavy atom. The standard InChI is InChI=1S/C2H2BF3O4.K.H/c4-2(5,6)1(7)10-3(8)9;;/h8-9H;;. The topological polar surface area (TPSA) is 66.8 Å². The number of halogens is 3. The van der Waals surface area contributed by atoms with Crippen LogP contribution in [-0.4, -0.2) is 80.9 Å². The molecule has 0 aliphatic rings. The normalized spacial score (nSPS) is 9.91. The molecule has 0 rings (SSSR count). The van der Waals surface area contributed by atoms with Gasteiger partial charge in [0.15, 0.2) is 0 Å². The zero-order valence-electron chi connectivity index (χ0n) is 4.42. The van der Waals surface area contributed by atoms with Crippen LogP contribution in [0.25, 0.3) is 0 Å². The third-order valence-corrected chi connectivity index (χ3v) is 0.444. The molecule has 0 saturated heterocycles. The Hall–Kier alpha value is 0.881. The van der Waals surface area contributed by atoms with E-state index in [1.54, 1.807) is 0 Å². The first kappa shape index (κ1) is 14.4. The van der Waals surface area contributed by atoms with Gasteiger partial charge in [-0.05, 0) is 0 Å². The third kappa shape index (κ3) is 7.25. The first-order valence-corrected chi connectivity index (χ1v) is 1.98. The molecule has 0 bridgehead atoms. The van der Waals surface area contributed by atoms with Crippen LogP contribution in [0.2, 0.25) is 0 Å². The van der Waals surface area contributed by atoms with Crippen LogP contribution in [0.5, 0.6) is 0 Å². The Morgan fingerprint density at radius 3 is 1.82 bits per heavy atom. The Balaban J connectivity index is 0. The monoisotopic (exact) mass is 198 g/mol. The van der Waals surface area contributed by atoms with Gasteiger partial charge in [-0.15, -0.1) is 0 Å². The van der Waals surface area contributed by atoms with Crippen LogP contribution >= 0.6 is 0 Å². The summed E-state index contributed by atoms with van der Waals surface area (Å²) in [5, 5.41) is 15.4. The van der Waals surface area contributed by atoms with Crippen molar-refractivity contribution < 1.29 is 32.7 Å². The molecule has 0 atom stereocenters. The fraction of sp³-hybridized carbons (Fsp3) is 0.500. The number of hydrogen-bond donors (Lipinski definition) is 2. The second-order valence-corrected chi connectivity index (χ2v) is 1.23. The molecule has 0 fully saturated rings. The molecule has 4 nitrogen and oxygen atoms in total. The average Bonchev–Trinajstić information content (AvgIpc) is 1.60. The molecule has 2 N–H and O–H groups in total. The molecule has 0 radical (unpaired) electrons. The van der Waals surface area contributed by atoms with Crippen LogP contribution in [0.1, 0.15) is 0 Å². The Kier molecular flexibility index (Phi) is 7.22. The summed E-state index contributed by atoms with van der Waals surface area (Å²) in [6.07, 6.45) is -5.19. The maximum atomic E-state index is 11.1. The van der Waals surface area contributed by atoms with Gasteiger partial charge in [-0.1, -0.05) is 0 Å². The van der Waals surface area contributed by atoms with Crippen molar-refractivity contribution in [3.05, 3.63) is 0 Å². The van der Waals surface area contributed by atoms with E-state index in [0.29, 0.717) is 0 Å². The molecule has 0 heterocycles. The van der Waals surface area contributed by atoms with E-state index in [9.17, 15) is 18.0 Å². The summed E-state index contributed by atoms with van der Waals surface area (Å²) in [6, 6.07) is 0. The summed E-state index contributed by atoms with van der Waals surface area (Å²) >= 11 is 0. The number of carbonyl (C=O) groups excluding carboxylic acids is 1. The van der Waals surface area contributed by atoms with Crippen molar-refractivity contribution in [3.8, 4) is 0 Å². The molecule has 0 aromatic heterocycles. The molecule has 9 heteroatoms. The van der Waals surface area contributed by atoms with Gasteiger partial charge in [0.2, 0.25) is 0 Å². The van der Waals surface area contributed by atoms with Crippen molar-refractivity contribution in [2.24, 2.45) is 0 Å². The van der Waals surface area contributed by atoms with Crippen molar-refractivity contribution in [2.75, 3.05) is 0 Å². The zero-order chi connectivity index (χ0) is 8.36. The predicted molar refractivity (Wildman–Crippen MR) is 29.5 cm³/mol. The number of rotatable bonds is 1.